The number of thiophene rings is 1. The highest BCUT2D eigenvalue weighted by Crippen LogP contribution is 2.49. The number of carboxylic acid groups (broad SMARTS) is 1. The third kappa shape index (κ3) is 3.98. The molecule has 3 atom stereocenters. The third-order valence-corrected chi connectivity index (χ3v) is 9.66. The number of hydrogen-bond donors (Lipinski definition) is 1. The van der Waals surface area contributed by atoms with Crippen LogP contribution in [0.2, 0.25) is 4.34 Å². The number of fused-ring (bicyclic) bond motifs is 1. The molecule has 0 saturated carbocycles. The van der Waals surface area contributed by atoms with Crippen LogP contribution < -0.4 is 4.90 Å². The molecule has 194 valence electrons. The molecule has 3 unspecified atom stereocenters. The lowest BCUT2D eigenvalue weighted by molar-refractivity contribution is -0.131. The van der Waals surface area contributed by atoms with E-state index in [-0.39, 0.29) is 29.7 Å². The number of nitrogens with zero attached hydrogens (tertiary/aromatic N) is 4. The van der Waals surface area contributed by atoms with Gasteiger partial charge in [-0.1, -0.05) is 30.3 Å². The van der Waals surface area contributed by atoms with Gasteiger partial charge in [0, 0.05) is 21.6 Å². The standard InChI is InChI=1S/C27H22ClFN4O3S2/c1-14-23(31-13-37-25(15(31)2)27(35)36)24(21-9-10-22(28)38-21)32(26(14)34)19-7-8-20-16(11-19)12-30-33(20)18-5-3-17(29)4-6-18/h3-12,14,23-24H,13H2,1-2H3,(H,35,36). The van der Waals surface area contributed by atoms with Gasteiger partial charge in [0.15, 0.2) is 0 Å². The van der Waals surface area contributed by atoms with E-state index in [9.17, 15) is 19.1 Å². The molecule has 2 aliphatic rings. The Morgan fingerprint density at radius 2 is 1.87 bits per heavy atom. The molecule has 1 saturated heterocycles. The van der Waals surface area contributed by atoms with Crippen LogP contribution in [0, 0.1) is 11.7 Å². The fourth-order valence-corrected chi connectivity index (χ4v) is 7.67. The van der Waals surface area contributed by atoms with Gasteiger partial charge in [-0.05, 0) is 61.5 Å². The van der Waals surface area contributed by atoms with Gasteiger partial charge in [0.05, 0.1) is 45.6 Å². The summed E-state index contributed by atoms with van der Waals surface area (Å²) in [4.78, 5) is 30.7. The topological polar surface area (TPSA) is 78.7 Å². The molecule has 0 spiro atoms. The lowest BCUT2D eigenvalue weighted by Gasteiger charge is -2.35. The van der Waals surface area contributed by atoms with Crippen molar-refractivity contribution in [2.24, 2.45) is 5.92 Å². The Hall–Kier alpha value is -3.34. The van der Waals surface area contributed by atoms with Gasteiger partial charge in [0.1, 0.15) is 10.7 Å². The van der Waals surface area contributed by atoms with Gasteiger partial charge in [-0.15, -0.1) is 11.3 Å². The minimum absolute atomic E-state index is 0.0450. The van der Waals surface area contributed by atoms with Gasteiger partial charge in [0.25, 0.3) is 0 Å². The molecule has 4 heterocycles. The summed E-state index contributed by atoms with van der Waals surface area (Å²) in [5.74, 6) is -1.25. The van der Waals surface area contributed by atoms with Gasteiger partial charge in [-0.2, -0.15) is 5.10 Å². The van der Waals surface area contributed by atoms with Crippen molar-refractivity contribution in [1.82, 2.24) is 14.7 Å². The van der Waals surface area contributed by atoms with Gasteiger partial charge in [0.2, 0.25) is 5.91 Å². The SMILES string of the molecule is CC1=C(C(=O)O)SCN1C1C(C)C(=O)N(c2ccc3c(cnn3-c3ccc(F)cc3)c2)C1c1ccc(Cl)s1. The van der Waals surface area contributed by atoms with Crippen LogP contribution in [-0.4, -0.2) is 43.6 Å². The molecule has 2 aromatic carbocycles. The van der Waals surface area contributed by atoms with Gasteiger partial charge < -0.3 is 14.9 Å². The van der Waals surface area contributed by atoms with Crippen molar-refractivity contribution in [3.05, 3.63) is 86.4 Å². The van der Waals surface area contributed by atoms with Crippen LogP contribution in [0.4, 0.5) is 10.1 Å². The lowest BCUT2D eigenvalue weighted by atomic mass is 9.97. The maximum Gasteiger partial charge on any atom is 0.344 e. The Labute approximate surface area is 231 Å². The second kappa shape index (κ2) is 9.44. The summed E-state index contributed by atoms with van der Waals surface area (Å²) in [6, 6.07) is 15.0. The Bertz CT molecular complexity index is 1620. The molecule has 1 amide bonds. The highest BCUT2D eigenvalue weighted by atomic mass is 35.5. The predicted octanol–water partition coefficient (Wildman–Crippen LogP) is 6.29. The summed E-state index contributed by atoms with van der Waals surface area (Å²) >= 11 is 9.03. The van der Waals surface area contributed by atoms with E-state index in [4.69, 9.17) is 11.6 Å². The third-order valence-electron chi connectivity index (χ3n) is 7.19. The normalized spacial score (nSPS) is 21.8. The van der Waals surface area contributed by atoms with Crippen molar-refractivity contribution in [1.29, 1.82) is 0 Å². The van der Waals surface area contributed by atoms with E-state index in [1.54, 1.807) is 29.9 Å². The number of anilines is 1. The zero-order valence-electron chi connectivity index (χ0n) is 20.3. The number of carbonyl (C=O) groups is 2. The Morgan fingerprint density at radius 1 is 1.13 bits per heavy atom. The number of allylic oxidation sites excluding steroid dienone is 1. The minimum atomic E-state index is -0.955. The number of hydrogen-bond acceptors (Lipinski definition) is 6. The summed E-state index contributed by atoms with van der Waals surface area (Å²) in [5, 5.41) is 15.0. The zero-order chi connectivity index (χ0) is 26.7. The molecule has 38 heavy (non-hydrogen) atoms. The maximum absolute atomic E-state index is 13.9. The summed E-state index contributed by atoms with van der Waals surface area (Å²) in [5.41, 5.74) is 2.94. The first-order valence-corrected chi connectivity index (χ1v) is 14.1. The molecule has 6 rings (SSSR count). The van der Waals surface area contributed by atoms with Gasteiger partial charge >= 0.3 is 5.97 Å². The second-order valence-electron chi connectivity index (χ2n) is 9.31. The Balaban J connectivity index is 1.44. The van der Waals surface area contributed by atoms with Crippen molar-refractivity contribution < 1.29 is 19.1 Å². The molecule has 0 aliphatic carbocycles. The molecule has 1 fully saturated rings. The maximum atomic E-state index is 13.9. The number of benzene rings is 2. The molecular weight excluding hydrogens is 547 g/mol. The van der Waals surface area contributed by atoms with Crippen LogP contribution in [0.25, 0.3) is 16.6 Å². The van der Waals surface area contributed by atoms with E-state index >= 15 is 0 Å². The zero-order valence-corrected chi connectivity index (χ0v) is 22.7. The lowest BCUT2D eigenvalue weighted by Crippen LogP contribution is -2.39. The first-order valence-electron chi connectivity index (χ1n) is 11.9. The highest BCUT2D eigenvalue weighted by molar-refractivity contribution is 8.04. The number of halogens is 2. The van der Waals surface area contributed by atoms with Crippen LogP contribution in [0.5, 0.6) is 0 Å². The quantitative estimate of drug-likeness (QED) is 0.305. The molecule has 0 bridgehead atoms. The summed E-state index contributed by atoms with van der Waals surface area (Å²) in [7, 11) is 0. The van der Waals surface area contributed by atoms with E-state index in [2.05, 4.69) is 5.10 Å². The van der Waals surface area contributed by atoms with Crippen molar-refractivity contribution in [3.8, 4) is 5.69 Å². The Morgan fingerprint density at radius 3 is 2.53 bits per heavy atom. The van der Waals surface area contributed by atoms with Crippen LogP contribution in [-0.2, 0) is 9.59 Å². The smallest absolute Gasteiger partial charge is 0.344 e. The van der Waals surface area contributed by atoms with Crippen molar-refractivity contribution in [2.45, 2.75) is 25.9 Å². The fourth-order valence-electron chi connectivity index (χ4n) is 5.39. The highest BCUT2D eigenvalue weighted by Gasteiger charge is 2.51. The first kappa shape index (κ1) is 25.0. The minimum Gasteiger partial charge on any atom is -0.477 e. The first-order chi connectivity index (χ1) is 18.2. The van der Waals surface area contributed by atoms with Gasteiger partial charge in [-0.3, -0.25) is 4.79 Å². The summed E-state index contributed by atoms with van der Waals surface area (Å²) < 4.78 is 15.8. The van der Waals surface area contributed by atoms with Crippen molar-refractivity contribution in [3.63, 3.8) is 0 Å². The summed E-state index contributed by atoms with van der Waals surface area (Å²) in [6.07, 6.45) is 1.73. The second-order valence-corrected chi connectivity index (χ2v) is 12.0. The van der Waals surface area contributed by atoms with Crippen LogP contribution in [0.1, 0.15) is 24.8 Å². The largest absolute Gasteiger partial charge is 0.477 e. The molecular formula is C27H22ClFN4O3S2. The van der Waals surface area contributed by atoms with E-state index in [0.717, 1.165) is 27.2 Å². The molecule has 11 heteroatoms. The number of carbonyl (C=O) groups excluding carboxylic acids is 1. The summed E-state index contributed by atoms with van der Waals surface area (Å²) in [6.45, 7) is 3.70. The number of amides is 1. The van der Waals surface area contributed by atoms with E-state index in [0.29, 0.717) is 20.8 Å². The van der Waals surface area contributed by atoms with Crippen molar-refractivity contribution >= 4 is 63.2 Å². The number of aliphatic carboxylic acids is 1. The van der Waals surface area contributed by atoms with E-state index < -0.39 is 5.97 Å². The van der Waals surface area contributed by atoms with Crippen molar-refractivity contribution in [2.75, 3.05) is 10.8 Å². The number of thioether (sulfide) groups is 1. The molecule has 0 radical (unpaired) electrons. The number of carboxylic acids is 1. The monoisotopic (exact) mass is 568 g/mol. The fraction of sp³-hybridized carbons (Fsp3) is 0.222. The van der Waals surface area contributed by atoms with Crippen LogP contribution >= 0.6 is 34.7 Å². The average molecular weight is 569 g/mol. The molecule has 7 nitrogen and oxygen atoms in total. The molecule has 4 aromatic rings. The van der Waals surface area contributed by atoms with E-state index in [1.165, 1.54) is 35.2 Å². The number of aromatic nitrogens is 2. The van der Waals surface area contributed by atoms with Crippen LogP contribution in [0.3, 0.4) is 0 Å². The average Bonchev–Trinajstić information content (AvgIpc) is 3.65. The molecule has 2 aliphatic heterocycles. The molecule has 1 N–H and O–H groups in total. The van der Waals surface area contributed by atoms with Crippen LogP contribution in [0.15, 0.2) is 71.4 Å². The predicted molar refractivity (Wildman–Crippen MR) is 148 cm³/mol. The Kier molecular flexibility index (Phi) is 6.20. The van der Waals surface area contributed by atoms with Gasteiger partial charge in [-0.25, -0.2) is 13.9 Å². The van der Waals surface area contributed by atoms with E-state index in [1.807, 2.05) is 47.1 Å². The number of rotatable bonds is 5. The molecule has 2 aromatic heterocycles.